The molecule has 1 N–H and O–H groups in total. The van der Waals surface area contributed by atoms with Gasteiger partial charge in [-0.05, 0) is 61.7 Å². The Kier molecular flexibility index (Phi) is 5.74. The molecular formula is C21H24N2O4S. The van der Waals surface area contributed by atoms with Crippen LogP contribution in [0, 0.1) is 6.92 Å². The number of carbonyl (C=O) groups is 1. The Morgan fingerprint density at radius 1 is 1.11 bits per heavy atom. The van der Waals surface area contributed by atoms with Gasteiger partial charge in [0.05, 0.1) is 12.0 Å². The van der Waals surface area contributed by atoms with Gasteiger partial charge >= 0.3 is 0 Å². The number of piperidine rings is 1. The largest absolute Gasteiger partial charge is 0.497 e. The maximum absolute atomic E-state index is 12.9. The van der Waals surface area contributed by atoms with Crippen LogP contribution in [0.15, 0.2) is 59.5 Å². The molecule has 0 bridgehead atoms. The van der Waals surface area contributed by atoms with E-state index in [1.165, 1.54) is 12.1 Å². The molecule has 148 valence electrons. The highest BCUT2D eigenvalue weighted by Crippen LogP contribution is 2.23. The Morgan fingerprint density at radius 3 is 2.36 bits per heavy atom. The molecule has 0 aliphatic carbocycles. The van der Waals surface area contributed by atoms with Crippen LogP contribution < -0.4 is 9.46 Å². The third kappa shape index (κ3) is 4.36. The number of nitrogens with one attached hydrogen (secondary N) is 1. The average molecular weight is 401 g/mol. The van der Waals surface area contributed by atoms with Crippen LogP contribution >= 0.6 is 0 Å². The van der Waals surface area contributed by atoms with Crippen molar-refractivity contribution >= 4 is 21.6 Å². The van der Waals surface area contributed by atoms with Crippen LogP contribution in [0.5, 0.6) is 5.75 Å². The lowest BCUT2D eigenvalue weighted by atomic mass is 10.0. The van der Waals surface area contributed by atoms with E-state index in [-0.39, 0.29) is 10.8 Å². The summed E-state index contributed by atoms with van der Waals surface area (Å²) in [6, 6.07) is 11.2. The molecule has 6 nitrogen and oxygen atoms in total. The fraction of sp³-hybridized carbons (Fsp3) is 0.286. The van der Waals surface area contributed by atoms with E-state index < -0.39 is 10.0 Å². The summed E-state index contributed by atoms with van der Waals surface area (Å²) in [5.74, 6) is 0.488. The Hall–Kier alpha value is -2.80. The van der Waals surface area contributed by atoms with Crippen molar-refractivity contribution in [2.45, 2.75) is 24.7 Å². The number of carbonyl (C=O) groups excluding carboxylic acids is 1. The molecule has 1 amide bonds. The van der Waals surface area contributed by atoms with Gasteiger partial charge in [0, 0.05) is 24.3 Å². The van der Waals surface area contributed by atoms with E-state index in [4.69, 9.17) is 4.74 Å². The number of nitrogens with zero attached hydrogens (tertiary/aromatic N) is 1. The molecule has 3 rings (SSSR count). The van der Waals surface area contributed by atoms with E-state index in [1.807, 2.05) is 6.92 Å². The quantitative estimate of drug-likeness (QED) is 0.778. The van der Waals surface area contributed by atoms with Crippen molar-refractivity contribution in [3.8, 4) is 5.75 Å². The van der Waals surface area contributed by atoms with Gasteiger partial charge in [-0.1, -0.05) is 18.2 Å². The maximum Gasteiger partial charge on any atom is 0.261 e. The zero-order chi connectivity index (χ0) is 20.3. The van der Waals surface area contributed by atoms with Gasteiger partial charge in [0.15, 0.2) is 0 Å². The van der Waals surface area contributed by atoms with Crippen LogP contribution in [0.2, 0.25) is 0 Å². The fourth-order valence-electron chi connectivity index (χ4n) is 3.07. The van der Waals surface area contributed by atoms with Crippen molar-refractivity contribution in [2.75, 3.05) is 24.9 Å². The Morgan fingerprint density at radius 2 is 1.75 bits per heavy atom. The lowest BCUT2D eigenvalue weighted by Crippen LogP contribution is -2.36. The summed E-state index contributed by atoms with van der Waals surface area (Å²) in [5, 5.41) is 0. The molecule has 0 saturated carbocycles. The number of amides is 1. The van der Waals surface area contributed by atoms with Crippen molar-refractivity contribution in [1.82, 2.24) is 4.90 Å². The van der Waals surface area contributed by atoms with E-state index in [1.54, 1.807) is 42.3 Å². The summed E-state index contributed by atoms with van der Waals surface area (Å²) in [6.07, 6.45) is 1.56. The summed E-state index contributed by atoms with van der Waals surface area (Å²) < 4.78 is 33.2. The lowest BCUT2D eigenvalue weighted by molar-refractivity contribution is 0.0743. The van der Waals surface area contributed by atoms with Crippen molar-refractivity contribution < 1.29 is 17.9 Å². The van der Waals surface area contributed by atoms with Gasteiger partial charge in [0.25, 0.3) is 15.9 Å². The molecule has 1 aliphatic rings. The van der Waals surface area contributed by atoms with Gasteiger partial charge in [-0.15, -0.1) is 0 Å². The van der Waals surface area contributed by atoms with Gasteiger partial charge in [-0.3, -0.25) is 9.52 Å². The highest BCUT2D eigenvalue weighted by molar-refractivity contribution is 7.92. The molecule has 0 radical (unpaired) electrons. The second-order valence-corrected chi connectivity index (χ2v) is 8.54. The fourth-order valence-corrected chi connectivity index (χ4v) is 4.15. The minimum Gasteiger partial charge on any atom is -0.497 e. The van der Waals surface area contributed by atoms with Gasteiger partial charge < -0.3 is 9.64 Å². The van der Waals surface area contributed by atoms with E-state index in [0.717, 1.165) is 24.0 Å². The molecule has 0 unspecified atom stereocenters. The summed E-state index contributed by atoms with van der Waals surface area (Å²) in [4.78, 5) is 14.7. The Labute approximate surface area is 165 Å². The topological polar surface area (TPSA) is 75.7 Å². The first-order valence-corrected chi connectivity index (χ1v) is 10.5. The van der Waals surface area contributed by atoms with Crippen LogP contribution in [0.1, 0.15) is 28.8 Å². The number of ether oxygens (including phenoxy) is 1. The lowest BCUT2D eigenvalue weighted by Gasteiger charge is -2.28. The number of hydrogen-bond acceptors (Lipinski definition) is 4. The van der Waals surface area contributed by atoms with E-state index in [9.17, 15) is 13.2 Å². The average Bonchev–Trinajstić information content (AvgIpc) is 2.68. The van der Waals surface area contributed by atoms with Crippen molar-refractivity contribution in [1.29, 1.82) is 0 Å². The first-order valence-electron chi connectivity index (χ1n) is 9.03. The Bertz CT molecular complexity index is 988. The van der Waals surface area contributed by atoms with E-state index >= 15 is 0 Å². The molecule has 2 aromatic carbocycles. The molecule has 1 heterocycles. The predicted molar refractivity (Wildman–Crippen MR) is 109 cm³/mol. The molecule has 7 heteroatoms. The molecule has 0 spiro atoms. The van der Waals surface area contributed by atoms with Crippen molar-refractivity contribution in [2.24, 2.45) is 0 Å². The summed E-state index contributed by atoms with van der Waals surface area (Å²) in [6.45, 7) is 6.99. The number of benzene rings is 2. The number of anilines is 1. The number of methoxy groups -OCH3 is 1. The zero-order valence-electron chi connectivity index (χ0n) is 16.1. The normalized spacial score (nSPS) is 14.6. The third-order valence-electron chi connectivity index (χ3n) is 4.85. The molecule has 1 aliphatic heterocycles. The number of likely N-dealkylation sites (tertiary alicyclic amines) is 1. The summed E-state index contributed by atoms with van der Waals surface area (Å²) >= 11 is 0. The van der Waals surface area contributed by atoms with Crippen LogP contribution in [0.4, 0.5) is 5.69 Å². The molecule has 2 aromatic rings. The van der Waals surface area contributed by atoms with Gasteiger partial charge in [0.2, 0.25) is 0 Å². The predicted octanol–water partition coefficient (Wildman–Crippen LogP) is 3.60. The van der Waals surface area contributed by atoms with Gasteiger partial charge in [0.1, 0.15) is 5.75 Å². The SMILES string of the molecule is C=C1CCN(C(=O)c2cc(S(=O)(=O)Nc3ccc(OC)cc3)ccc2C)CC1. The molecule has 1 saturated heterocycles. The van der Waals surface area contributed by atoms with E-state index in [0.29, 0.717) is 30.1 Å². The second-order valence-electron chi connectivity index (χ2n) is 6.85. The zero-order valence-corrected chi connectivity index (χ0v) is 16.9. The number of aryl methyl sites for hydroxylation is 1. The minimum atomic E-state index is -3.82. The first kappa shape index (κ1) is 19.9. The van der Waals surface area contributed by atoms with Crippen LogP contribution in [-0.2, 0) is 10.0 Å². The van der Waals surface area contributed by atoms with Crippen LogP contribution in [-0.4, -0.2) is 39.4 Å². The monoisotopic (exact) mass is 400 g/mol. The molecule has 28 heavy (non-hydrogen) atoms. The highest BCUT2D eigenvalue weighted by atomic mass is 32.2. The molecular weight excluding hydrogens is 376 g/mol. The Balaban J connectivity index is 1.84. The summed E-state index contributed by atoms with van der Waals surface area (Å²) in [5.41, 5.74) is 2.72. The molecule has 0 atom stereocenters. The second kappa shape index (κ2) is 8.06. The van der Waals surface area contributed by atoms with Gasteiger partial charge in [-0.2, -0.15) is 0 Å². The molecule has 0 aromatic heterocycles. The number of hydrogen-bond donors (Lipinski definition) is 1. The smallest absolute Gasteiger partial charge is 0.261 e. The van der Waals surface area contributed by atoms with Crippen molar-refractivity contribution in [3.05, 3.63) is 65.7 Å². The first-order chi connectivity index (χ1) is 13.3. The highest BCUT2D eigenvalue weighted by Gasteiger charge is 2.23. The minimum absolute atomic E-state index is 0.0543. The maximum atomic E-state index is 12.9. The number of rotatable bonds is 5. The standard InChI is InChI=1S/C21H24N2O4S/c1-15-10-12-23(13-11-15)21(24)20-14-19(9-4-16(20)2)28(25,26)22-17-5-7-18(27-3)8-6-17/h4-9,14,22H,1,10-13H2,2-3H3. The molecule has 1 fully saturated rings. The van der Waals surface area contributed by atoms with Crippen LogP contribution in [0.3, 0.4) is 0 Å². The van der Waals surface area contributed by atoms with Crippen LogP contribution in [0.25, 0.3) is 0 Å². The van der Waals surface area contributed by atoms with E-state index in [2.05, 4.69) is 11.3 Å². The van der Waals surface area contributed by atoms with Gasteiger partial charge in [-0.25, -0.2) is 8.42 Å². The third-order valence-corrected chi connectivity index (χ3v) is 6.23. The summed E-state index contributed by atoms with van der Waals surface area (Å²) in [7, 11) is -2.28. The number of sulfonamides is 1. The van der Waals surface area contributed by atoms with Crippen molar-refractivity contribution in [3.63, 3.8) is 0 Å².